The molecule has 1 aromatic heterocycles. The molecule has 1 saturated heterocycles. The highest BCUT2D eigenvalue weighted by atomic mass is 32.2. The largest absolute Gasteiger partial charge is 0.325 e. The van der Waals surface area contributed by atoms with Crippen molar-refractivity contribution in [3.8, 4) is 0 Å². The summed E-state index contributed by atoms with van der Waals surface area (Å²) in [5.74, 6) is -0.144. The normalized spacial score (nSPS) is 17.1. The van der Waals surface area contributed by atoms with Gasteiger partial charge in [-0.2, -0.15) is 9.40 Å². The van der Waals surface area contributed by atoms with Crippen LogP contribution in [0.4, 0.5) is 5.69 Å². The van der Waals surface area contributed by atoms with E-state index in [1.807, 2.05) is 25.5 Å². The molecule has 170 valence electrons. The molecule has 1 atom stereocenters. The number of amides is 1. The van der Waals surface area contributed by atoms with E-state index in [-0.39, 0.29) is 16.8 Å². The number of benzene rings is 1. The average Bonchev–Trinajstić information content (AvgIpc) is 3.30. The van der Waals surface area contributed by atoms with Crippen molar-refractivity contribution in [2.24, 2.45) is 0 Å². The molecule has 0 spiro atoms. The molecule has 1 aliphatic heterocycles. The molecule has 2 aromatic rings. The highest BCUT2D eigenvalue weighted by molar-refractivity contribution is 7.89. The van der Waals surface area contributed by atoms with Crippen molar-refractivity contribution in [3.63, 3.8) is 0 Å². The van der Waals surface area contributed by atoms with Crippen molar-refractivity contribution >= 4 is 21.6 Å². The molecule has 0 radical (unpaired) electrons. The van der Waals surface area contributed by atoms with E-state index in [1.54, 1.807) is 37.8 Å². The molecular weight excluding hydrogens is 416 g/mol. The minimum absolute atomic E-state index is 0.144. The van der Waals surface area contributed by atoms with Crippen molar-refractivity contribution < 1.29 is 13.2 Å². The number of aromatic nitrogens is 3. The van der Waals surface area contributed by atoms with Crippen molar-refractivity contribution in [2.75, 3.05) is 31.5 Å². The van der Waals surface area contributed by atoms with Gasteiger partial charge in [0.15, 0.2) is 0 Å². The first-order valence-corrected chi connectivity index (χ1v) is 12.2. The molecule has 10 heteroatoms. The fraction of sp³-hybridized carbons (Fsp3) is 0.571. The molecule has 1 amide bonds. The summed E-state index contributed by atoms with van der Waals surface area (Å²) in [5.41, 5.74) is 1.15. The molecule has 0 saturated carbocycles. The van der Waals surface area contributed by atoms with Gasteiger partial charge in [0.25, 0.3) is 0 Å². The maximum Gasteiger partial charge on any atom is 0.243 e. The van der Waals surface area contributed by atoms with E-state index < -0.39 is 10.0 Å². The average molecular weight is 449 g/mol. The summed E-state index contributed by atoms with van der Waals surface area (Å²) in [5, 5.41) is 7.12. The Balaban J connectivity index is 1.66. The fourth-order valence-electron chi connectivity index (χ4n) is 4.01. The van der Waals surface area contributed by atoms with E-state index in [0.717, 1.165) is 25.9 Å². The Morgan fingerprint density at radius 3 is 2.52 bits per heavy atom. The number of carbonyl (C=O) groups is 1. The van der Waals surface area contributed by atoms with Gasteiger partial charge in [0.2, 0.25) is 15.9 Å². The standard InChI is InChI=1S/C21H32N6O3S/c1-5-26(6-2)31(29,30)20-13-18(8-7-16(20)3)24-21(28)17(4)25-11-9-19(10-12-25)27-15-22-14-23-27/h7-8,13-15,17,19H,5-6,9-12H2,1-4H3,(H,24,28). The molecule has 2 heterocycles. The van der Waals surface area contributed by atoms with Gasteiger partial charge in [0, 0.05) is 31.9 Å². The van der Waals surface area contributed by atoms with Crippen LogP contribution in [-0.4, -0.2) is 70.5 Å². The Labute approximate surface area is 184 Å². The summed E-state index contributed by atoms with van der Waals surface area (Å²) in [6.45, 7) is 9.65. The van der Waals surface area contributed by atoms with Crippen LogP contribution >= 0.6 is 0 Å². The van der Waals surface area contributed by atoms with E-state index in [9.17, 15) is 13.2 Å². The predicted octanol–water partition coefficient (Wildman–Crippen LogP) is 2.28. The van der Waals surface area contributed by atoms with Gasteiger partial charge in [-0.1, -0.05) is 19.9 Å². The van der Waals surface area contributed by atoms with Crippen LogP contribution in [0.3, 0.4) is 0 Å². The topological polar surface area (TPSA) is 100 Å². The number of likely N-dealkylation sites (tertiary alicyclic amines) is 1. The van der Waals surface area contributed by atoms with Gasteiger partial charge in [-0.25, -0.2) is 18.1 Å². The zero-order chi connectivity index (χ0) is 22.6. The zero-order valence-electron chi connectivity index (χ0n) is 18.7. The Hall–Kier alpha value is -2.30. The third-order valence-corrected chi connectivity index (χ3v) is 8.21. The van der Waals surface area contributed by atoms with Gasteiger partial charge < -0.3 is 5.32 Å². The Morgan fingerprint density at radius 1 is 1.26 bits per heavy atom. The van der Waals surface area contributed by atoms with Gasteiger partial charge in [-0.05, 0) is 44.4 Å². The molecule has 1 aliphatic rings. The number of sulfonamides is 1. The van der Waals surface area contributed by atoms with Crippen LogP contribution in [0.2, 0.25) is 0 Å². The van der Waals surface area contributed by atoms with E-state index >= 15 is 0 Å². The summed E-state index contributed by atoms with van der Waals surface area (Å²) in [6, 6.07) is 5.03. The summed E-state index contributed by atoms with van der Waals surface area (Å²) in [6.07, 6.45) is 5.08. The maximum absolute atomic E-state index is 13.0. The molecule has 1 N–H and O–H groups in total. The van der Waals surface area contributed by atoms with Crippen molar-refractivity contribution in [1.82, 2.24) is 24.0 Å². The minimum Gasteiger partial charge on any atom is -0.325 e. The molecule has 9 nitrogen and oxygen atoms in total. The lowest BCUT2D eigenvalue weighted by molar-refractivity contribution is -0.121. The molecule has 31 heavy (non-hydrogen) atoms. The number of anilines is 1. The van der Waals surface area contributed by atoms with E-state index in [4.69, 9.17) is 0 Å². The van der Waals surface area contributed by atoms with Crippen molar-refractivity contribution in [2.45, 2.75) is 57.5 Å². The molecule has 3 rings (SSSR count). The number of piperidine rings is 1. The monoisotopic (exact) mass is 448 g/mol. The van der Waals surface area contributed by atoms with Crippen LogP contribution in [0.1, 0.15) is 45.2 Å². The maximum atomic E-state index is 13.0. The van der Waals surface area contributed by atoms with Crippen LogP contribution in [-0.2, 0) is 14.8 Å². The molecule has 0 aliphatic carbocycles. The zero-order valence-corrected chi connectivity index (χ0v) is 19.5. The number of hydrogen-bond donors (Lipinski definition) is 1. The highest BCUT2D eigenvalue weighted by Crippen LogP contribution is 2.25. The molecule has 1 unspecified atom stereocenters. The van der Waals surface area contributed by atoms with Crippen LogP contribution in [0.15, 0.2) is 35.7 Å². The number of hydrogen-bond acceptors (Lipinski definition) is 6. The van der Waals surface area contributed by atoms with E-state index in [0.29, 0.717) is 30.4 Å². The fourth-order valence-corrected chi connectivity index (χ4v) is 5.72. The summed E-state index contributed by atoms with van der Waals surface area (Å²) in [4.78, 5) is 19.3. The second-order valence-corrected chi connectivity index (χ2v) is 9.78. The van der Waals surface area contributed by atoms with Gasteiger partial charge in [-0.3, -0.25) is 9.69 Å². The quantitative estimate of drug-likeness (QED) is 0.665. The molecule has 1 aromatic carbocycles. The molecule has 1 fully saturated rings. The second kappa shape index (κ2) is 9.88. The molecule has 0 bridgehead atoms. The third-order valence-electron chi connectivity index (χ3n) is 6.02. The lowest BCUT2D eigenvalue weighted by atomic mass is 10.0. The SMILES string of the molecule is CCN(CC)S(=O)(=O)c1cc(NC(=O)C(C)N2CCC(n3cncn3)CC2)ccc1C. The van der Waals surface area contributed by atoms with E-state index in [1.165, 1.54) is 4.31 Å². The summed E-state index contributed by atoms with van der Waals surface area (Å²) < 4.78 is 29.2. The van der Waals surface area contributed by atoms with Crippen LogP contribution in [0, 0.1) is 6.92 Å². The number of nitrogens with zero attached hydrogens (tertiary/aromatic N) is 5. The Bertz CT molecular complexity index is 981. The van der Waals surface area contributed by atoms with Crippen molar-refractivity contribution in [3.05, 3.63) is 36.4 Å². The number of nitrogens with one attached hydrogen (secondary N) is 1. The van der Waals surface area contributed by atoms with Crippen LogP contribution in [0.25, 0.3) is 0 Å². The van der Waals surface area contributed by atoms with Gasteiger partial charge in [0.1, 0.15) is 12.7 Å². The Kier molecular flexibility index (Phi) is 7.45. The summed E-state index contributed by atoms with van der Waals surface area (Å²) >= 11 is 0. The first-order valence-electron chi connectivity index (χ1n) is 10.8. The van der Waals surface area contributed by atoms with Gasteiger partial charge in [-0.15, -0.1) is 0 Å². The van der Waals surface area contributed by atoms with Gasteiger partial charge in [0.05, 0.1) is 17.0 Å². The molecular formula is C21H32N6O3S. The first kappa shape index (κ1) is 23.4. The minimum atomic E-state index is -3.60. The summed E-state index contributed by atoms with van der Waals surface area (Å²) in [7, 11) is -3.60. The van der Waals surface area contributed by atoms with Gasteiger partial charge >= 0.3 is 0 Å². The van der Waals surface area contributed by atoms with Crippen molar-refractivity contribution in [1.29, 1.82) is 0 Å². The Morgan fingerprint density at radius 2 is 1.94 bits per heavy atom. The lowest BCUT2D eigenvalue weighted by Gasteiger charge is -2.35. The lowest BCUT2D eigenvalue weighted by Crippen LogP contribution is -2.46. The highest BCUT2D eigenvalue weighted by Gasteiger charge is 2.28. The smallest absolute Gasteiger partial charge is 0.243 e. The van der Waals surface area contributed by atoms with Crippen LogP contribution in [0.5, 0.6) is 0 Å². The van der Waals surface area contributed by atoms with E-state index in [2.05, 4.69) is 20.3 Å². The number of aryl methyl sites for hydroxylation is 1. The first-order chi connectivity index (χ1) is 14.8. The predicted molar refractivity (Wildman–Crippen MR) is 119 cm³/mol. The number of carbonyl (C=O) groups excluding carboxylic acids is 1. The number of rotatable bonds is 8. The third kappa shape index (κ3) is 5.13. The second-order valence-electron chi connectivity index (χ2n) is 7.88. The van der Waals surface area contributed by atoms with Crippen LogP contribution < -0.4 is 5.32 Å².